The zero-order valence-electron chi connectivity index (χ0n) is 11.0. The lowest BCUT2D eigenvalue weighted by Crippen LogP contribution is -2.30. The molecular formula is C14H15NO5. The molecule has 2 atom stereocenters. The summed E-state index contributed by atoms with van der Waals surface area (Å²) in [6.45, 7) is 2.51. The zero-order valence-corrected chi connectivity index (χ0v) is 11.0. The molecule has 0 bridgehead atoms. The first kappa shape index (κ1) is 12.8. The van der Waals surface area contributed by atoms with Crippen molar-refractivity contribution in [3.63, 3.8) is 0 Å². The molecule has 20 heavy (non-hydrogen) atoms. The van der Waals surface area contributed by atoms with E-state index in [1.165, 1.54) is 0 Å². The fraction of sp³-hybridized carbons (Fsp3) is 0.429. The van der Waals surface area contributed by atoms with Crippen molar-refractivity contribution >= 4 is 11.9 Å². The molecule has 0 radical (unpaired) electrons. The van der Waals surface area contributed by atoms with E-state index in [4.69, 9.17) is 9.47 Å². The fourth-order valence-corrected chi connectivity index (χ4v) is 2.89. The summed E-state index contributed by atoms with van der Waals surface area (Å²) in [6, 6.07) is 4.88. The van der Waals surface area contributed by atoms with E-state index in [-0.39, 0.29) is 19.1 Å². The van der Waals surface area contributed by atoms with Crippen LogP contribution in [0.4, 0.5) is 0 Å². The first-order valence-corrected chi connectivity index (χ1v) is 6.53. The molecule has 1 N–H and O–H groups in total. The Balaban J connectivity index is 2.00. The van der Waals surface area contributed by atoms with Gasteiger partial charge >= 0.3 is 5.97 Å². The number of ether oxygens (including phenoxy) is 2. The Hall–Kier alpha value is -2.24. The maximum Gasteiger partial charge on any atom is 0.309 e. The smallest absolute Gasteiger partial charge is 0.309 e. The maximum absolute atomic E-state index is 11.9. The standard InChI is InChI=1S/C14H15NO5/c1-2-15-12(16)6-9(14(17)18)13(15)8-3-4-10-11(5-8)20-7-19-10/h3-5,9,13H,2,6-7H2,1H3,(H,17,18). The second-order valence-corrected chi connectivity index (χ2v) is 4.89. The predicted molar refractivity (Wildman–Crippen MR) is 68.4 cm³/mol. The lowest BCUT2D eigenvalue weighted by atomic mass is 9.93. The van der Waals surface area contributed by atoms with Crippen LogP contribution < -0.4 is 9.47 Å². The monoisotopic (exact) mass is 277 g/mol. The number of carbonyl (C=O) groups excluding carboxylic acids is 1. The molecule has 0 spiro atoms. The van der Waals surface area contributed by atoms with Gasteiger partial charge in [-0.3, -0.25) is 9.59 Å². The number of rotatable bonds is 3. The summed E-state index contributed by atoms with van der Waals surface area (Å²) < 4.78 is 10.6. The first-order chi connectivity index (χ1) is 9.61. The molecule has 0 aliphatic carbocycles. The van der Waals surface area contributed by atoms with Gasteiger partial charge in [0.1, 0.15) is 0 Å². The van der Waals surface area contributed by atoms with E-state index in [0.29, 0.717) is 18.0 Å². The number of hydrogen-bond donors (Lipinski definition) is 1. The van der Waals surface area contributed by atoms with E-state index in [1.807, 2.05) is 6.92 Å². The van der Waals surface area contributed by atoms with Crippen LogP contribution in [0.1, 0.15) is 24.9 Å². The van der Waals surface area contributed by atoms with Crippen LogP contribution in [0.2, 0.25) is 0 Å². The largest absolute Gasteiger partial charge is 0.481 e. The summed E-state index contributed by atoms with van der Waals surface area (Å²) in [5.74, 6) is -0.544. The second-order valence-electron chi connectivity index (χ2n) is 4.89. The summed E-state index contributed by atoms with van der Waals surface area (Å²) >= 11 is 0. The van der Waals surface area contributed by atoms with Gasteiger partial charge in [0, 0.05) is 13.0 Å². The summed E-state index contributed by atoms with van der Waals surface area (Å²) in [7, 11) is 0. The highest BCUT2D eigenvalue weighted by atomic mass is 16.7. The lowest BCUT2D eigenvalue weighted by Gasteiger charge is -2.26. The van der Waals surface area contributed by atoms with E-state index in [1.54, 1.807) is 23.1 Å². The molecule has 1 amide bonds. The van der Waals surface area contributed by atoms with Gasteiger partial charge in [-0.15, -0.1) is 0 Å². The van der Waals surface area contributed by atoms with Gasteiger partial charge in [0.05, 0.1) is 12.0 Å². The normalized spacial score (nSPS) is 24.2. The van der Waals surface area contributed by atoms with Crippen molar-refractivity contribution in [1.82, 2.24) is 4.90 Å². The van der Waals surface area contributed by atoms with Crippen molar-refractivity contribution in [2.24, 2.45) is 5.92 Å². The third-order valence-corrected chi connectivity index (χ3v) is 3.83. The van der Waals surface area contributed by atoms with Gasteiger partial charge in [0.25, 0.3) is 0 Å². The van der Waals surface area contributed by atoms with Crippen molar-refractivity contribution in [3.8, 4) is 11.5 Å². The SMILES string of the molecule is CCN1C(=O)CC(C(=O)O)C1c1ccc2c(c1)OCO2. The molecule has 3 rings (SSSR count). The summed E-state index contributed by atoms with van der Waals surface area (Å²) in [5, 5.41) is 9.33. The Labute approximate surface area is 115 Å². The highest BCUT2D eigenvalue weighted by molar-refractivity contribution is 5.87. The lowest BCUT2D eigenvalue weighted by molar-refractivity contribution is -0.142. The second kappa shape index (κ2) is 4.70. The highest BCUT2D eigenvalue weighted by Crippen LogP contribution is 2.42. The number of nitrogens with zero attached hydrogens (tertiary/aromatic N) is 1. The molecule has 106 valence electrons. The van der Waals surface area contributed by atoms with Gasteiger partial charge in [0.15, 0.2) is 11.5 Å². The summed E-state index contributed by atoms with van der Waals surface area (Å²) in [4.78, 5) is 24.9. The molecular weight excluding hydrogens is 262 g/mol. The fourth-order valence-electron chi connectivity index (χ4n) is 2.89. The van der Waals surface area contributed by atoms with Crippen LogP contribution in [-0.4, -0.2) is 35.2 Å². The van der Waals surface area contributed by atoms with Gasteiger partial charge in [-0.05, 0) is 24.6 Å². The number of aliphatic carboxylic acids is 1. The van der Waals surface area contributed by atoms with E-state index >= 15 is 0 Å². The number of carboxylic acids is 1. The molecule has 2 heterocycles. The van der Waals surface area contributed by atoms with Crippen molar-refractivity contribution in [1.29, 1.82) is 0 Å². The Morgan fingerprint density at radius 2 is 2.15 bits per heavy atom. The molecule has 6 nitrogen and oxygen atoms in total. The molecule has 6 heteroatoms. The third-order valence-electron chi connectivity index (χ3n) is 3.83. The summed E-state index contributed by atoms with van der Waals surface area (Å²) in [6.07, 6.45) is 0.0439. The molecule has 1 fully saturated rings. The number of carboxylic acid groups (broad SMARTS) is 1. The number of likely N-dealkylation sites (tertiary alicyclic amines) is 1. The maximum atomic E-state index is 11.9. The molecule has 2 unspecified atom stereocenters. The Bertz CT molecular complexity index is 571. The zero-order chi connectivity index (χ0) is 14.3. The predicted octanol–water partition coefficient (Wildman–Crippen LogP) is 1.41. The number of hydrogen-bond acceptors (Lipinski definition) is 4. The van der Waals surface area contributed by atoms with Crippen LogP contribution in [0.5, 0.6) is 11.5 Å². The molecule has 1 aromatic rings. The molecule has 0 saturated carbocycles. The molecule has 2 aliphatic rings. The van der Waals surface area contributed by atoms with Crippen LogP contribution in [-0.2, 0) is 9.59 Å². The van der Waals surface area contributed by atoms with Crippen molar-refractivity contribution in [3.05, 3.63) is 23.8 Å². The summed E-state index contributed by atoms with van der Waals surface area (Å²) in [5.41, 5.74) is 0.773. The minimum absolute atomic E-state index is 0.0439. The molecule has 0 aromatic heterocycles. The van der Waals surface area contributed by atoms with E-state index in [9.17, 15) is 14.7 Å². The Morgan fingerprint density at radius 1 is 1.40 bits per heavy atom. The van der Waals surface area contributed by atoms with Crippen LogP contribution in [0.15, 0.2) is 18.2 Å². The number of fused-ring (bicyclic) bond motifs is 1. The van der Waals surface area contributed by atoms with Crippen molar-refractivity contribution < 1.29 is 24.2 Å². The van der Waals surface area contributed by atoms with Crippen LogP contribution in [0.25, 0.3) is 0 Å². The van der Waals surface area contributed by atoms with Crippen molar-refractivity contribution in [2.75, 3.05) is 13.3 Å². The van der Waals surface area contributed by atoms with Gasteiger partial charge in [-0.2, -0.15) is 0 Å². The van der Waals surface area contributed by atoms with E-state index in [0.717, 1.165) is 5.56 Å². The van der Waals surface area contributed by atoms with Crippen molar-refractivity contribution in [2.45, 2.75) is 19.4 Å². The van der Waals surface area contributed by atoms with E-state index in [2.05, 4.69) is 0 Å². The van der Waals surface area contributed by atoms with Crippen LogP contribution >= 0.6 is 0 Å². The van der Waals surface area contributed by atoms with Gasteiger partial charge in [0.2, 0.25) is 12.7 Å². The quantitative estimate of drug-likeness (QED) is 0.904. The third kappa shape index (κ3) is 1.88. The first-order valence-electron chi connectivity index (χ1n) is 6.53. The number of benzene rings is 1. The minimum Gasteiger partial charge on any atom is -0.481 e. The Kier molecular flexibility index (Phi) is 3.00. The Morgan fingerprint density at radius 3 is 2.85 bits per heavy atom. The van der Waals surface area contributed by atoms with Gasteiger partial charge in [-0.25, -0.2) is 0 Å². The molecule has 2 aliphatic heterocycles. The van der Waals surface area contributed by atoms with E-state index < -0.39 is 17.9 Å². The topological polar surface area (TPSA) is 76.1 Å². The average molecular weight is 277 g/mol. The van der Waals surface area contributed by atoms with Crippen LogP contribution in [0, 0.1) is 5.92 Å². The van der Waals surface area contributed by atoms with Gasteiger partial charge in [-0.1, -0.05) is 6.07 Å². The number of carbonyl (C=O) groups is 2. The molecule has 1 aromatic carbocycles. The van der Waals surface area contributed by atoms with Gasteiger partial charge < -0.3 is 19.5 Å². The number of amides is 1. The average Bonchev–Trinajstić information content (AvgIpc) is 3.01. The minimum atomic E-state index is -0.947. The highest BCUT2D eigenvalue weighted by Gasteiger charge is 2.44. The molecule has 1 saturated heterocycles. The van der Waals surface area contributed by atoms with Crippen LogP contribution in [0.3, 0.4) is 0 Å².